The van der Waals surface area contributed by atoms with Gasteiger partial charge in [0, 0.05) is 6.04 Å². The summed E-state index contributed by atoms with van der Waals surface area (Å²) >= 11 is 0. The number of esters is 1. The molecule has 0 aliphatic carbocycles. The molecule has 0 heterocycles. The van der Waals surface area contributed by atoms with Crippen LogP contribution in [0, 0.1) is 0 Å². The van der Waals surface area contributed by atoms with Crippen LogP contribution in [0.25, 0.3) is 0 Å². The highest BCUT2D eigenvalue weighted by Gasteiger charge is 2.26. The Balaban J connectivity index is 2.00. The fraction of sp³-hybridized carbons (Fsp3) is 0.208. The second-order valence-corrected chi connectivity index (χ2v) is 9.04. The van der Waals surface area contributed by atoms with Crippen LogP contribution < -0.4 is 10.5 Å². The summed E-state index contributed by atoms with van der Waals surface area (Å²) in [6.45, 7) is 3.66. The van der Waals surface area contributed by atoms with E-state index in [1.807, 2.05) is 25.1 Å². The molecule has 0 fully saturated rings. The molecule has 162 valence electrons. The third-order valence-electron chi connectivity index (χ3n) is 4.51. The molecule has 31 heavy (non-hydrogen) atoms. The quantitative estimate of drug-likeness (QED) is 0.524. The van der Waals surface area contributed by atoms with Gasteiger partial charge in [-0.1, -0.05) is 30.3 Å². The molecule has 0 saturated carbocycles. The first-order chi connectivity index (χ1) is 14.8. The summed E-state index contributed by atoms with van der Waals surface area (Å²) in [7, 11) is -3.96. The monoisotopic (exact) mass is 439 g/mol. The first-order valence-corrected chi connectivity index (χ1v) is 11.4. The van der Waals surface area contributed by atoms with Crippen LogP contribution in [-0.2, 0) is 21.0 Å². The lowest BCUT2D eigenvalue weighted by molar-refractivity contribution is 0.0521. The van der Waals surface area contributed by atoms with E-state index in [-0.39, 0.29) is 28.0 Å². The largest absolute Gasteiger partial charge is 0.462 e. The first kappa shape index (κ1) is 22.5. The highest BCUT2D eigenvalue weighted by Crippen LogP contribution is 2.30. The van der Waals surface area contributed by atoms with Crippen LogP contribution in [0.1, 0.15) is 29.8 Å². The van der Waals surface area contributed by atoms with E-state index in [2.05, 4.69) is 0 Å². The Bertz CT molecular complexity index is 1140. The maximum absolute atomic E-state index is 13.3. The number of ether oxygens (including phenoxy) is 2. The van der Waals surface area contributed by atoms with E-state index in [1.54, 1.807) is 31.2 Å². The molecule has 0 saturated heterocycles. The molecule has 3 rings (SSSR count). The van der Waals surface area contributed by atoms with Crippen molar-refractivity contribution < 1.29 is 22.7 Å². The minimum atomic E-state index is -3.96. The average molecular weight is 440 g/mol. The van der Waals surface area contributed by atoms with Gasteiger partial charge in [0.1, 0.15) is 11.5 Å². The van der Waals surface area contributed by atoms with Crippen molar-refractivity contribution in [3.05, 3.63) is 83.9 Å². The Morgan fingerprint density at radius 1 is 0.968 bits per heavy atom. The molecular weight excluding hydrogens is 414 g/mol. The molecule has 7 heteroatoms. The number of benzene rings is 3. The van der Waals surface area contributed by atoms with E-state index < -0.39 is 15.8 Å². The van der Waals surface area contributed by atoms with Crippen LogP contribution >= 0.6 is 0 Å². The lowest BCUT2D eigenvalue weighted by atomic mass is 10.1. The van der Waals surface area contributed by atoms with Gasteiger partial charge in [0.25, 0.3) is 0 Å². The van der Waals surface area contributed by atoms with E-state index in [1.165, 1.54) is 30.3 Å². The standard InChI is InChI=1S/C24H25NO5S/c1-3-29-24(26)22-16-20(30-19-7-5-4-6-8-19)11-14-23(22)31(27,28)21-12-9-18(10-13-21)15-17(2)25/h4-14,16-17H,3,15,25H2,1-2H3. The molecule has 0 amide bonds. The molecule has 3 aromatic rings. The predicted molar refractivity (Wildman–Crippen MR) is 118 cm³/mol. The van der Waals surface area contributed by atoms with Gasteiger partial charge in [-0.3, -0.25) is 0 Å². The third kappa shape index (κ3) is 5.51. The summed E-state index contributed by atoms with van der Waals surface area (Å²) in [5.74, 6) is 0.172. The maximum Gasteiger partial charge on any atom is 0.339 e. The summed E-state index contributed by atoms with van der Waals surface area (Å²) in [4.78, 5) is 12.5. The Morgan fingerprint density at radius 2 is 1.65 bits per heavy atom. The number of hydrogen-bond donors (Lipinski definition) is 1. The van der Waals surface area contributed by atoms with Crippen LogP contribution in [-0.4, -0.2) is 27.0 Å². The maximum atomic E-state index is 13.3. The third-order valence-corrected chi connectivity index (χ3v) is 6.33. The Morgan fingerprint density at radius 3 is 2.26 bits per heavy atom. The number of carbonyl (C=O) groups is 1. The fourth-order valence-electron chi connectivity index (χ4n) is 3.10. The van der Waals surface area contributed by atoms with Crippen molar-refractivity contribution in [2.75, 3.05) is 6.61 Å². The van der Waals surface area contributed by atoms with Gasteiger partial charge >= 0.3 is 5.97 Å². The van der Waals surface area contributed by atoms with Gasteiger partial charge in [-0.15, -0.1) is 0 Å². The van der Waals surface area contributed by atoms with Gasteiger partial charge in [0.05, 0.1) is 22.0 Å². The lowest BCUT2D eigenvalue weighted by Crippen LogP contribution is -2.17. The van der Waals surface area contributed by atoms with Gasteiger partial charge in [-0.25, -0.2) is 13.2 Å². The molecule has 2 N–H and O–H groups in total. The summed E-state index contributed by atoms with van der Waals surface area (Å²) in [5.41, 5.74) is 6.67. The molecule has 0 aliphatic rings. The van der Waals surface area contributed by atoms with Crippen LogP contribution in [0.5, 0.6) is 11.5 Å². The number of nitrogens with two attached hydrogens (primary N) is 1. The van der Waals surface area contributed by atoms with Crippen LogP contribution in [0.15, 0.2) is 82.6 Å². The van der Waals surface area contributed by atoms with Crippen molar-refractivity contribution >= 4 is 15.8 Å². The highest BCUT2D eigenvalue weighted by molar-refractivity contribution is 7.91. The summed E-state index contributed by atoms with van der Waals surface area (Å²) < 4.78 is 37.4. The van der Waals surface area contributed by atoms with E-state index >= 15 is 0 Å². The number of para-hydroxylation sites is 1. The number of hydrogen-bond acceptors (Lipinski definition) is 6. The molecule has 0 radical (unpaired) electrons. The molecule has 6 nitrogen and oxygen atoms in total. The topological polar surface area (TPSA) is 95.7 Å². The van der Waals surface area contributed by atoms with Crippen molar-refractivity contribution in [3.8, 4) is 11.5 Å². The zero-order valence-corrected chi connectivity index (χ0v) is 18.3. The van der Waals surface area contributed by atoms with E-state index in [0.717, 1.165) is 5.56 Å². The van der Waals surface area contributed by atoms with Gasteiger partial charge in [-0.05, 0) is 68.3 Å². The van der Waals surface area contributed by atoms with E-state index in [9.17, 15) is 13.2 Å². The summed E-state index contributed by atoms with van der Waals surface area (Å²) in [5, 5.41) is 0. The van der Waals surface area contributed by atoms with Gasteiger partial charge in [-0.2, -0.15) is 0 Å². The molecule has 1 atom stereocenters. The van der Waals surface area contributed by atoms with Crippen molar-refractivity contribution in [1.29, 1.82) is 0 Å². The van der Waals surface area contributed by atoms with Gasteiger partial charge < -0.3 is 15.2 Å². The Hall–Kier alpha value is -3.16. The zero-order chi connectivity index (χ0) is 22.4. The molecule has 0 spiro atoms. The van der Waals surface area contributed by atoms with Crippen molar-refractivity contribution in [2.45, 2.75) is 36.1 Å². The predicted octanol–water partition coefficient (Wildman–Crippen LogP) is 4.38. The second-order valence-electron chi connectivity index (χ2n) is 7.12. The fourth-order valence-corrected chi connectivity index (χ4v) is 4.53. The lowest BCUT2D eigenvalue weighted by Gasteiger charge is -2.13. The minimum Gasteiger partial charge on any atom is -0.462 e. The van der Waals surface area contributed by atoms with E-state index in [0.29, 0.717) is 17.9 Å². The summed E-state index contributed by atoms with van der Waals surface area (Å²) in [6, 6.07) is 19.8. The number of rotatable bonds is 8. The van der Waals surface area contributed by atoms with Gasteiger partial charge in [0.2, 0.25) is 9.84 Å². The summed E-state index contributed by atoms with van der Waals surface area (Å²) in [6.07, 6.45) is 0.639. The SMILES string of the molecule is CCOC(=O)c1cc(Oc2ccccc2)ccc1S(=O)(=O)c1ccc(CC(C)N)cc1. The molecule has 0 bridgehead atoms. The highest BCUT2D eigenvalue weighted by atomic mass is 32.2. The van der Waals surface area contributed by atoms with E-state index in [4.69, 9.17) is 15.2 Å². The van der Waals surface area contributed by atoms with Crippen LogP contribution in [0.2, 0.25) is 0 Å². The van der Waals surface area contributed by atoms with Gasteiger partial charge in [0.15, 0.2) is 0 Å². The second kappa shape index (κ2) is 9.76. The first-order valence-electron chi connectivity index (χ1n) is 9.95. The molecule has 1 unspecified atom stereocenters. The number of sulfone groups is 1. The smallest absolute Gasteiger partial charge is 0.339 e. The normalized spacial score (nSPS) is 12.2. The van der Waals surface area contributed by atoms with Crippen molar-refractivity contribution in [3.63, 3.8) is 0 Å². The average Bonchev–Trinajstić information content (AvgIpc) is 2.74. The molecule has 0 aliphatic heterocycles. The van der Waals surface area contributed by atoms with Crippen molar-refractivity contribution in [2.24, 2.45) is 5.73 Å². The molecular formula is C24H25NO5S. The zero-order valence-electron chi connectivity index (χ0n) is 17.4. The van der Waals surface area contributed by atoms with Crippen LogP contribution in [0.3, 0.4) is 0 Å². The minimum absolute atomic E-state index is 0.0324. The Labute approximate surface area is 182 Å². The van der Waals surface area contributed by atoms with Crippen LogP contribution in [0.4, 0.5) is 0 Å². The Kier molecular flexibility index (Phi) is 7.09. The molecule has 3 aromatic carbocycles. The number of carbonyl (C=O) groups excluding carboxylic acids is 1. The van der Waals surface area contributed by atoms with Crippen molar-refractivity contribution in [1.82, 2.24) is 0 Å². The molecule has 0 aromatic heterocycles.